The lowest BCUT2D eigenvalue weighted by atomic mass is 10.2. The fourth-order valence-corrected chi connectivity index (χ4v) is 5.57. The van der Waals surface area contributed by atoms with Gasteiger partial charge in [-0.05, 0) is 29.0 Å². The second kappa shape index (κ2) is 12.1. The Labute approximate surface area is 208 Å². The highest BCUT2D eigenvalue weighted by atomic mass is 127. The van der Waals surface area contributed by atoms with E-state index in [9.17, 15) is 5.11 Å². The quantitative estimate of drug-likeness (QED) is 0.228. The summed E-state index contributed by atoms with van der Waals surface area (Å²) in [7, 11) is 1.76. The van der Waals surface area contributed by atoms with Crippen molar-refractivity contribution in [2.45, 2.75) is 12.1 Å². The van der Waals surface area contributed by atoms with E-state index in [2.05, 4.69) is 56.2 Å². The van der Waals surface area contributed by atoms with Gasteiger partial charge in [0.05, 0.1) is 19.3 Å². The Morgan fingerprint density at radius 3 is 2.61 bits per heavy atom. The molecule has 9 heteroatoms. The summed E-state index contributed by atoms with van der Waals surface area (Å²) in [4.78, 5) is 9.10. The molecule has 0 amide bonds. The van der Waals surface area contributed by atoms with E-state index in [0.717, 1.165) is 37.7 Å². The summed E-state index contributed by atoms with van der Waals surface area (Å²) in [6.07, 6.45) is -0.576. The third kappa shape index (κ3) is 6.39. The summed E-state index contributed by atoms with van der Waals surface area (Å²) in [6.45, 7) is 4.57. The van der Waals surface area contributed by atoms with Crippen molar-refractivity contribution < 1.29 is 9.84 Å². The SMILES string of the molecule is CN=C(NCC(O)c1cc2ccccc2s1)NCC(c1cccs1)N1CCOCC1.I. The van der Waals surface area contributed by atoms with Crippen LogP contribution in [0.2, 0.25) is 0 Å². The van der Waals surface area contributed by atoms with Crippen LogP contribution in [0.3, 0.4) is 0 Å². The van der Waals surface area contributed by atoms with E-state index in [1.165, 1.54) is 15.0 Å². The van der Waals surface area contributed by atoms with Gasteiger partial charge in [0, 0.05) is 47.7 Å². The maximum atomic E-state index is 10.6. The maximum absolute atomic E-state index is 10.6. The molecule has 31 heavy (non-hydrogen) atoms. The van der Waals surface area contributed by atoms with Gasteiger partial charge >= 0.3 is 0 Å². The van der Waals surface area contributed by atoms with Crippen LogP contribution in [0.15, 0.2) is 52.8 Å². The Bertz CT molecular complexity index is 924. The zero-order valence-electron chi connectivity index (χ0n) is 17.5. The van der Waals surface area contributed by atoms with Gasteiger partial charge in [-0.3, -0.25) is 9.89 Å². The lowest BCUT2D eigenvalue weighted by Crippen LogP contribution is -2.46. The van der Waals surface area contributed by atoms with Gasteiger partial charge in [0.1, 0.15) is 6.10 Å². The molecule has 0 spiro atoms. The predicted molar refractivity (Wildman–Crippen MR) is 141 cm³/mol. The minimum atomic E-state index is -0.576. The van der Waals surface area contributed by atoms with Crippen molar-refractivity contribution >= 4 is 62.7 Å². The average molecular weight is 573 g/mol. The molecule has 3 heterocycles. The molecule has 1 aliphatic rings. The van der Waals surface area contributed by atoms with Gasteiger partial charge in [0.15, 0.2) is 5.96 Å². The normalized spacial score (nSPS) is 17.2. The van der Waals surface area contributed by atoms with Crippen molar-refractivity contribution in [3.8, 4) is 0 Å². The first-order valence-electron chi connectivity index (χ1n) is 10.2. The van der Waals surface area contributed by atoms with Crippen LogP contribution in [0, 0.1) is 0 Å². The van der Waals surface area contributed by atoms with E-state index in [4.69, 9.17) is 4.74 Å². The van der Waals surface area contributed by atoms with Gasteiger partial charge in [-0.25, -0.2) is 0 Å². The van der Waals surface area contributed by atoms with E-state index in [-0.39, 0.29) is 30.0 Å². The second-order valence-electron chi connectivity index (χ2n) is 7.22. The lowest BCUT2D eigenvalue weighted by Gasteiger charge is -2.34. The van der Waals surface area contributed by atoms with Crippen LogP contribution in [0.25, 0.3) is 10.1 Å². The third-order valence-corrected chi connectivity index (χ3v) is 7.47. The van der Waals surface area contributed by atoms with Gasteiger partial charge in [0.2, 0.25) is 0 Å². The highest BCUT2D eigenvalue weighted by molar-refractivity contribution is 14.0. The highest BCUT2D eigenvalue weighted by Crippen LogP contribution is 2.29. The number of nitrogens with zero attached hydrogens (tertiary/aromatic N) is 2. The predicted octanol–water partition coefficient (Wildman–Crippen LogP) is 3.85. The number of ether oxygens (including phenoxy) is 1. The number of fused-ring (bicyclic) bond motifs is 1. The number of nitrogens with one attached hydrogen (secondary N) is 2. The molecular formula is C22H29IN4O2S2. The number of morpholine rings is 1. The minimum absolute atomic E-state index is 0. The number of halogens is 1. The molecule has 1 aliphatic heterocycles. The summed E-state index contributed by atoms with van der Waals surface area (Å²) in [5, 5.41) is 20.6. The van der Waals surface area contributed by atoms with E-state index in [0.29, 0.717) is 12.5 Å². The molecule has 3 aromatic rings. The standard InChI is InChI=1S/C22H28N4O2S2.HI/c1-23-22(25-15-18(27)21-13-16-5-2-3-6-19(16)30-21)24-14-17(20-7-4-12-29-20)26-8-10-28-11-9-26;/h2-7,12-13,17-18,27H,8-11,14-15H2,1H3,(H2,23,24,25);1H. The summed E-state index contributed by atoms with van der Waals surface area (Å²) in [5.41, 5.74) is 0. The van der Waals surface area contributed by atoms with Crippen LogP contribution >= 0.6 is 46.7 Å². The van der Waals surface area contributed by atoms with Crippen molar-refractivity contribution in [1.29, 1.82) is 0 Å². The molecule has 6 nitrogen and oxygen atoms in total. The number of aliphatic hydroxyl groups excluding tert-OH is 1. The number of aliphatic hydroxyl groups is 1. The molecule has 3 N–H and O–H groups in total. The maximum Gasteiger partial charge on any atom is 0.191 e. The molecule has 0 radical (unpaired) electrons. The first-order valence-corrected chi connectivity index (χ1v) is 11.9. The van der Waals surface area contributed by atoms with Crippen LogP contribution < -0.4 is 10.6 Å². The molecule has 168 valence electrons. The average Bonchev–Trinajstić information content (AvgIpc) is 3.46. The van der Waals surface area contributed by atoms with Crippen LogP contribution in [-0.4, -0.2) is 62.4 Å². The number of hydrogen-bond donors (Lipinski definition) is 3. The zero-order chi connectivity index (χ0) is 20.8. The molecule has 2 aromatic heterocycles. The van der Waals surface area contributed by atoms with E-state index in [1.54, 1.807) is 29.7 Å². The molecule has 1 saturated heterocycles. The number of benzene rings is 1. The Morgan fingerprint density at radius 1 is 1.13 bits per heavy atom. The molecular weight excluding hydrogens is 543 g/mol. The number of guanidine groups is 1. The largest absolute Gasteiger partial charge is 0.386 e. The number of aliphatic imine (C=N–C) groups is 1. The van der Waals surface area contributed by atoms with Gasteiger partial charge in [0.25, 0.3) is 0 Å². The molecule has 2 unspecified atom stereocenters. The van der Waals surface area contributed by atoms with Crippen LogP contribution in [0.5, 0.6) is 0 Å². The molecule has 0 aliphatic carbocycles. The Hall–Kier alpha value is -1.24. The molecule has 1 fully saturated rings. The summed E-state index contributed by atoms with van der Waals surface area (Å²) < 4.78 is 6.71. The number of rotatable bonds is 7. The molecule has 1 aromatic carbocycles. The van der Waals surface area contributed by atoms with Gasteiger partial charge in [-0.15, -0.1) is 46.7 Å². The highest BCUT2D eigenvalue weighted by Gasteiger charge is 2.23. The number of hydrogen-bond acceptors (Lipinski definition) is 6. The van der Waals surface area contributed by atoms with Crippen LogP contribution in [0.4, 0.5) is 0 Å². The summed E-state index contributed by atoms with van der Waals surface area (Å²) in [6, 6.07) is 14.8. The summed E-state index contributed by atoms with van der Waals surface area (Å²) in [5.74, 6) is 0.699. The van der Waals surface area contributed by atoms with Crippen LogP contribution in [0.1, 0.15) is 21.9 Å². The van der Waals surface area contributed by atoms with Crippen molar-refractivity contribution in [1.82, 2.24) is 15.5 Å². The van der Waals surface area contributed by atoms with Crippen molar-refractivity contribution in [2.75, 3.05) is 46.4 Å². The molecule has 2 atom stereocenters. The smallest absolute Gasteiger partial charge is 0.191 e. The second-order valence-corrected chi connectivity index (χ2v) is 9.31. The minimum Gasteiger partial charge on any atom is -0.386 e. The van der Waals surface area contributed by atoms with Crippen LogP contribution in [-0.2, 0) is 4.74 Å². The van der Waals surface area contributed by atoms with Gasteiger partial charge in [-0.1, -0.05) is 24.3 Å². The van der Waals surface area contributed by atoms with Crippen molar-refractivity contribution in [3.05, 3.63) is 57.6 Å². The molecule has 4 rings (SSSR count). The van der Waals surface area contributed by atoms with Crippen molar-refractivity contribution in [3.63, 3.8) is 0 Å². The Kier molecular flexibility index (Phi) is 9.54. The topological polar surface area (TPSA) is 69.1 Å². The summed E-state index contributed by atoms with van der Waals surface area (Å²) >= 11 is 3.41. The monoisotopic (exact) mass is 572 g/mol. The Balaban J connectivity index is 0.00000272. The fourth-order valence-electron chi connectivity index (χ4n) is 3.65. The zero-order valence-corrected chi connectivity index (χ0v) is 21.5. The fraction of sp³-hybridized carbons (Fsp3) is 0.409. The van der Waals surface area contributed by atoms with E-state index >= 15 is 0 Å². The lowest BCUT2D eigenvalue weighted by molar-refractivity contribution is 0.0177. The molecule has 0 saturated carbocycles. The van der Waals surface area contributed by atoms with E-state index in [1.807, 2.05) is 12.1 Å². The number of thiophene rings is 2. The van der Waals surface area contributed by atoms with Gasteiger partial charge in [-0.2, -0.15) is 0 Å². The van der Waals surface area contributed by atoms with Gasteiger partial charge < -0.3 is 20.5 Å². The van der Waals surface area contributed by atoms with Crippen molar-refractivity contribution in [2.24, 2.45) is 4.99 Å². The Morgan fingerprint density at radius 2 is 1.90 bits per heavy atom. The third-order valence-electron chi connectivity index (χ3n) is 5.28. The van der Waals surface area contributed by atoms with E-state index < -0.39 is 6.10 Å². The first-order chi connectivity index (χ1) is 14.7. The first kappa shape index (κ1) is 24.4. The molecule has 0 bridgehead atoms.